The third kappa shape index (κ3) is 5.90. The van der Waals surface area contributed by atoms with Crippen LogP contribution in [0.2, 0.25) is 0 Å². The molecule has 0 bridgehead atoms. The molecule has 0 amide bonds. The summed E-state index contributed by atoms with van der Waals surface area (Å²) in [6.07, 6.45) is 9.16. The number of hydrogen-bond acceptors (Lipinski definition) is 0. The quantitative estimate of drug-likeness (QED) is 0.403. The molecule has 0 aromatic heterocycles. The minimum absolute atomic E-state index is 0. The fourth-order valence-electron chi connectivity index (χ4n) is 5.95. The van der Waals surface area contributed by atoms with E-state index in [0.717, 1.165) is 0 Å². The summed E-state index contributed by atoms with van der Waals surface area (Å²) >= 11 is -2.43. The SMILES string of the molecule is CCCCC1C=C(C(C)(C)C)C=[C]1/[Zr+2](=[C](/C)c1ccccc1)[CH]1c2ccccc2-c2ccccc21.[Cl-].[Cl-]. The molecule has 2 aliphatic rings. The largest absolute Gasteiger partial charge is 1.00 e. The predicted octanol–water partition coefficient (Wildman–Crippen LogP) is 3.30. The topological polar surface area (TPSA) is 0 Å². The van der Waals surface area contributed by atoms with Crippen LogP contribution < -0.4 is 24.8 Å². The minimum atomic E-state index is -2.43. The summed E-state index contributed by atoms with van der Waals surface area (Å²) in [5.74, 6) is 0.595. The van der Waals surface area contributed by atoms with Crippen LogP contribution in [0.15, 0.2) is 99.9 Å². The summed E-state index contributed by atoms with van der Waals surface area (Å²) in [7, 11) is 0. The Bertz CT molecular complexity index is 1280. The maximum Gasteiger partial charge on any atom is -1.00 e. The number of hydrogen-bond donors (Lipinski definition) is 0. The van der Waals surface area contributed by atoms with Crippen LogP contribution in [-0.2, 0) is 21.3 Å². The van der Waals surface area contributed by atoms with Crippen LogP contribution in [0.4, 0.5) is 0 Å². The molecule has 0 spiro atoms. The maximum atomic E-state index is 2.67. The monoisotopic (exact) mass is 606 g/mol. The summed E-state index contributed by atoms with van der Waals surface area (Å²) < 4.78 is 4.03. The summed E-state index contributed by atoms with van der Waals surface area (Å²) in [6.45, 7) is 11.9. The van der Waals surface area contributed by atoms with E-state index in [1.54, 1.807) is 19.9 Å². The van der Waals surface area contributed by atoms with Gasteiger partial charge in [-0.1, -0.05) is 0 Å². The van der Waals surface area contributed by atoms with Crippen molar-refractivity contribution in [1.82, 2.24) is 0 Å². The Labute approximate surface area is 244 Å². The van der Waals surface area contributed by atoms with E-state index in [1.807, 2.05) is 3.28 Å². The first-order valence-corrected chi connectivity index (χ1v) is 17.2. The van der Waals surface area contributed by atoms with Gasteiger partial charge in [-0.3, -0.25) is 0 Å². The minimum Gasteiger partial charge on any atom is -1.00 e. The number of unbranched alkanes of at least 4 members (excludes halogenated alkanes) is 1. The van der Waals surface area contributed by atoms with Crippen molar-refractivity contribution in [1.29, 1.82) is 0 Å². The Kier molecular flexibility index (Phi) is 10.2. The molecule has 37 heavy (non-hydrogen) atoms. The van der Waals surface area contributed by atoms with Crippen LogP contribution >= 0.6 is 0 Å². The van der Waals surface area contributed by atoms with Gasteiger partial charge in [0.25, 0.3) is 0 Å². The van der Waals surface area contributed by atoms with E-state index in [0.29, 0.717) is 9.54 Å². The van der Waals surface area contributed by atoms with Crippen molar-refractivity contribution in [2.75, 3.05) is 0 Å². The predicted molar refractivity (Wildman–Crippen MR) is 149 cm³/mol. The van der Waals surface area contributed by atoms with Gasteiger partial charge < -0.3 is 24.8 Å². The molecule has 5 rings (SSSR count). The first-order valence-electron chi connectivity index (χ1n) is 13.3. The molecule has 3 aromatic rings. The number of benzene rings is 3. The van der Waals surface area contributed by atoms with Crippen molar-refractivity contribution in [3.8, 4) is 11.1 Å². The smallest absolute Gasteiger partial charge is 1.00 e. The van der Waals surface area contributed by atoms with Gasteiger partial charge in [0.15, 0.2) is 0 Å². The molecule has 3 aromatic carbocycles. The van der Waals surface area contributed by atoms with Crippen LogP contribution in [0.1, 0.15) is 74.2 Å². The van der Waals surface area contributed by atoms with E-state index in [9.17, 15) is 0 Å². The van der Waals surface area contributed by atoms with Crippen molar-refractivity contribution in [3.05, 3.63) is 117 Å². The van der Waals surface area contributed by atoms with Gasteiger partial charge in [-0.15, -0.1) is 0 Å². The molecule has 1 unspecified atom stereocenters. The van der Waals surface area contributed by atoms with Crippen LogP contribution in [0, 0.1) is 11.3 Å². The van der Waals surface area contributed by atoms with Gasteiger partial charge in [-0.25, -0.2) is 0 Å². The molecular weight excluding hydrogens is 571 g/mol. The van der Waals surface area contributed by atoms with Crippen LogP contribution in [-0.4, -0.2) is 3.21 Å². The Hall–Kier alpha value is -1.53. The van der Waals surface area contributed by atoms with Gasteiger partial charge in [0, 0.05) is 0 Å². The second kappa shape index (κ2) is 12.6. The van der Waals surface area contributed by atoms with E-state index in [-0.39, 0.29) is 30.2 Å². The zero-order chi connectivity index (χ0) is 24.6. The van der Waals surface area contributed by atoms with Gasteiger partial charge in [0.1, 0.15) is 0 Å². The number of allylic oxidation sites excluding steroid dienone is 4. The van der Waals surface area contributed by atoms with Crippen molar-refractivity contribution in [2.45, 2.75) is 57.5 Å². The summed E-state index contributed by atoms with van der Waals surface area (Å²) in [6, 6.07) is 29.8. The van der Waals surface area contributed by atoms with E-state index in [1.165, 1.54) is 36.0 Å². The van der Waals surface area contributed by atoms with Crippen molar-refractivity contribution in [3.63, 3.8) is 0 Å². The average molecular weight is 609 g/mol. The molecule has 0 radical (unpaired) electrons. The zero-order valence-electron chi connectivity index (χ0n) is 22.7. The summed E-state index contributed by atoms with van der Waals surface area (Å²) in [5.41, 5.74) is 9.23. The van der Waals surface area contributed by atoms with E-state index in [2.05, 4.69) is 126 Å². The molecule has 0 aliphatic heterocycles. The molecule has 1 atom stereocenters. The second-order valence-corrected chi connectivity index (χ2v) is 17.9. The molecule has 192 valence electrons. The number of fused-ring (bicyclic) bond motifs is 3. The van der Waals surface area contributed by atoms with Gasteiger partial charge >= 0.3 is 221 Å². The van der Waals surface area contributed by atoms with Crippen molar-refractivity contribution in [2.24, 2.45) is 11.3 Å². The summed E-state index contributed by atoms with van der Waals surface area (Å²) in [4.78, 5) is 0. The molecule has 0 heterocycles. The molecule has 0 fully saturated rings. The van der Waals surface area contributed by atoms with Crippen LogP contribution in [0.3, 0.4) is 0 Å². The molecule has 0 N–H and O–H groups in total. The van der Waals surface area contributed by atoms with E-state index >= 15 is 0 Å². The summed E-state index contributed by atoms with van der Waals surface area (Å²) in [5, 5.41) is 0. The maximum absolute atomic E-state index is 2.67. The van der Waals surface area contributed by atoms with Gasteiger partial charge in [0.05, 0.1) is 0 Å². The molecule has 2 aliphatic carbocycles. The molecule has 0 saturated heterocycles. The third-order valence-corrected chi connectivity index (χ3v) is 16.3. The molecular formula is C34H38Cl2Zr. The van der Waals surface area contributed by atoms with Crippen LogP contribution in [0.25, 0.3) is 11.1 Å². The Morgan fingerprint density at radius 1 is 0.784 bits per heavy atom. The van der Waals surface area contributed by atoms with Crippen molar-refractivity contribution >= 4 is 3.21 Å². The van der Waals surface area contributed by atoms with Gasteiger partial charge in [-0.05, 0) is 0 Å². The molecule has 0 nitrogen and oxygen atoms in total. The third-order valence-electron chi connectivity index (χ3n) is 7.87. The fraction of sp³-hybridized carbons (Fsp3) is 0.324. The van der Waals surface area contributed by atoms with E-state index < -0.39 is 21.3 Å². The number of halogens is 2. The average Bonchev–Trinajstić information content (AvgIpc) is 3.44. The second-order valence-electron chi connectivity index (χ2n) is 11.2. The van der Waals surface area contributed by atoms with Gasteiger partial charge in [0.2, 0.25) is 0 Å². The normalized spacial score (nSPS) is 16.6. The number of rotatable bonds is 6. The fourth-order valence-corrected chi connectivity index (χ4v) is 15.1. The standard InChI is InChI=1S/C13H9.C13H21.C8H8.2ClH.Zr/c1-3-7-12-10(5-1)9-11-6-2-4-8-13(11)12;1-5-6-7-11-8-9-12(10-11)13(2,3)4;1-2-8-6-4-3-5-7-8;;;/h1-9H;9-11H,5-7H2,1-4H3;3-7H,1H3;2*1H;/q;;;;;+2/p-2. The Morgan fingerprint density at radius 3 is 1.86 bits per heavy atom. The molecule has 0 saturated carbocycles. The Morgan fingerprint density at radius 2 is 1.32 bits per heavy atom. The van der Waals surface area contributed by atoms with Crippen LogP contribution in [0.5, 0.6) is 0 Å². The van der Waals surface area contributed by atoms with Gasteiger partial charge in [-0.2, -0.15) is 0 Å². The van der Waals surface area contributed by atoms with Crippen molar-refractivity contribution < 1.29 is 46.1 Å². The van der Waals surface area contributed by atoms with E-state index in [4.69, 9.17) is 0 Å². The zero-order valence-corrected chi connectivity index (χ0v) is 26.7. The molecule has 3 heteroatoms. The Balaban J connectivity index is 0.00000190. The first kappa shape index (κ1) is 30.0. The first-order chi connectivity index (χ1) is 16.9.